The predicted octanol–water partition coefficient (Wildman–Crippen LogP) is 3.15. The molecule has 2 unspecified atom stereocenters. The Morgan fingerprint density at radius 3 is 2.55 bits per heavy atom. The second kappa shape index (κ2) is 8.90. The second-order valence-corrected chi connectivity index (χ2v) is 6.71. The minimum absolute atomic E-state index is 0. The molecule has 5 heteroatoms. The zero-order valence-electron chi connectivity index (χ0n) is 14.6. The lowest BCUT2D eigenvalue weighted by Crippen LogP contribution is -2.75. The molecule has 0 saturated heterocycles. The lowest BCUT2D eigenvalue weighted by Gasteiger charge is -2.58. The van der Waals surface area contributed by atoms with Crippen molar-refractivity contribution in [2.45, 2.75) is 64.5 Å². The minimum atomic E-state index is -0.789. The van der Waals surface area contributed by atoms with Gasteiger partial charge in [0.25, 0.3) is 0 Å². The summed E-state index contributed by atoms with van der Waals surface area (Å²) in [5.41, 5.74) is 5.32. The van der Waals surface area contributed by atoms with E-state index in [1.165, 1.54) is 0 Å². The van der Waals surface area contributed by atoms with E-state index in [4.69, 9.17) is 10.5 Å². The van der Waals surface area contributed by atoms with Gasteiger partial charge < -0.3 is 15.4 Å². The molecule has 4 nitrogen and oxygen atoms in total. The lowest BCUT2D eigenvalue weighted by atomic mass is 9.54. The Morgan fingerprint density at radius 2 is 2.05 bits per heavy atom. The first-order chi connectivity index (χ1) is 9.81. The fourth-order valence-corrected chi connectivity index (χ4v) is 3.05. The van der Waals surface area contributed by atoms with Crippen molar-refractivity contribution in [2.75, 3.05) is 20.2 Å². The van der Waals surface area contributed by atoms with Gasteiger partial charge in [0.15, 0.2) is 0 Å². The molecule has 0 aromatic carbocycles. The predicted molar refractivity (Wildman–Crippen MR) is 94.3 cm³/mol. The third-order valence-electron chi connectivity index (χ3n) is 4.96. The average molecular weight is 333 g/mol. The molecule has 130 valence electrons. The zero-order chi connectivity index (χ0) is 16.1. The van der Waals surface area contributed by atoms with Gasteiger partial charge in [-0.1, -0.05) is 26.3 Å². The molecule has 1 aliphatic rings. The molecule has 1 saturated carbocycles. The molecule has 0 bridgehead atoms. The Balaban J connectivity index is 0.00000441. The van der Waals surface area contributed by atoms with Crippen molar-refractivity contribution in [3.8, 4) is 0 Å². The smallest absolute Gasteiger partial charge is 0.243 e. The number of hydrogen-bond acceptors (Lipinski definition) is 3. The van der Waals surface area contributed by atoms with Crippen molar-refractivity contribution in [1.29, 1.82) is 0 Å². The van der Waals surface area contributed by atoms with E-state index >= 15 is 0 Å². The quantitative estimate of drug-likeness (QED) is 0.521. The molecule has 0 radical (unpaired) electrons. The number of likely N-dealkylation sites (N-methyl/N-ethyl adjacent to an activating group) is 1. The minimum Gasteiger partial charge on any atom is -0.378 e. The number of allylic oxidation sites excluding steroid dienone is 1. The molecule has 0 aliphatic heterocycles. The van der Waals surface area contributed by atoms with Crippen LogP contribution in [0.25, 0.3) is 0 Å². The molecule has 2 N–H and O–H groups in total. The monoisotopic (exact) mass is 332 g/mol. The maximum atomic E-state index is 12.7. The van der Waals surface area contributed by atoms with E-state index in [1.807, 2.05) is 33.9 Å². The Bertz CT molecular complexity index is 374. The maximum absolute atomic E-state index is 12.7. The van der Waals surface area contributed by atoms with E-state index in [0.717, 1.165) is 32.2 Å². The first-order valence-electron chi connectivity index (χ1n) is 8.08. The van der Waals surface area contributed by atoms with Crippen molar-refractivity contribution in [3.05, 3.63) is 12.7 Å². The van der Waals surface area contributed by atoms with Crippen LogP contribution in [-0.4, -0.2) is 42.6 Å². The first kappa shape index (κ1) is 21.4. The first-order valence-corrected chi connectivity index (χ1v) is 8.08. The van der Waals surface area contributed by atoms with Crippen molar-refractivity contribution in [1.82, 2.24) is 4.90 Å². The molecule has 0 heterocycles. The molecule has 0 spiro atoms. The van der Waals surface area contributed by atoms with Crippen LogP contribution < -0.4 is 5.73 Å². The van der Waals surface area contributed by atoms with Crippen molar-refractivity contribution in [3.63, 3.8) is 0 Å². The van der Waals surface area contributed by atoms with Crippen LogP contribution in [-0.2, 0) is 9.53 Å². The summed E-state index contributed by atoms with van der Waals surface area (Å²) < 4.78 is 5.68. The van der Waals surface area contributed by atoms with Crippen LogP contribution in [0, 0.1) is 5.41 Å². The fraction of sp³-hybridized carbons (Fsp3) is 0.824. The van der Waals surface area contributed by atoms with E-state index in [1.54, 1.807) is 4.90 Å². The van der Waals surface area contributed by atoms with Crippen LogP contribution in [0.4, 0.5) is 0 Å². The number of unbranched alkanes of at least 4 members (excludes halogenated alkanes) is 3. The molecule has 1 amide bonds. The van der Waals surface area contributed by atoms with Crippen LogP contribution in [0.5, 0.6) is 0 Å². The molecule has 1 aliphatic carbocycles. The lowest BCUT2D eigenvalue weighted by molar-refractivity contribution is -0.178. The summed E-state index contributed by atoms with van der Waals surface area (Å²) in [6.07, 6.45) is 6.95. The number of amides is 1. The second-order valence-electron chi connectivity index (χ2n) is 6.71. The van der Waals surface area contributed by atoms with Crippen LogP contribution in [0.15, 0.2) is 12.7 Å². The Kier molecular flexibility index (Phi) is 8.66. The van der Waals surface area contributed by atoms with Crippen molar-refractivity contribution >= 4 is 18.3 Å². The summed E-state index contributed by atoms with van der Waals surface area (Å²) in [7, 11) is 1.86. The van der Waals surface area contributed by atoms with Gasteiger partial charge in [0, 0.05) is 32.0 Å². The van der Waals surface area contributed by atoms with E-state index in [0.29, 0.717) is 13.0 Å². The topological polar surface area (TPSA) is 55.6 Å². The largest absolute Gasteiger partial charge is 0.378 e. The van der Waals surface area contributed by atoms with Crippen molar-refractivity contribution < 1.29 is 9.53 Å². The highest BCUT2D eigenvalue weighted by Crippen LogP contribution is 2.50. The van der Waals surface area contributed by atoms with Crippen molar-refractivity contribution in [2.24, 2.45) is 11.1 Å². The van der Waals surface area contributed by atoms with Crippen LogP contribution in [0.1, 0.15) is 52.9 Å². The molecule has 1 rings (SSSR count). The van der Waals surface area contributed by atoms with Gasteiger partial charge in [-0.25, -0.2) is 0 Å². The van der Waals surface area contributed by atoms with Gasteiger partial charge in [-0.05, 0) is 26.2 Å². The van der Waals surface area contributed by atoms with E-state index < -0.39 is 5.54 Å². The SMILES string of the molecule is C=CCCCCCN(C)C(=O)C1(N)CC(OCC)C1(C)C.Cl. The van der Waals surface area contributed by atoms with Gasteiger partial charge in [0.1, 0.15) is 5.54 Å². The van der Waals surface area contributed by atoms with Crippen LogP contribution >= 0.6 is 12.4 Å². The number of ether oxygens (including phenoxy) is 1. The van der Waals surface area contributed by atoms with E-state index in [9.17, 15) is 4.79 Å². The van der Waals surface area contributed by atoms with Gasteiger partial charge >= 0.3 is 0 Å². The number of carbonyl (C=O) groups excluding carboxylic acids is 1. The highest BCUT2D eigenvalue weighted by atomic mass is 35.5. The third kappa shape index (κ3) is 4.24. The molecule has 0 aromatic heterocycles. The molecule has 22 heavy (non-hydrogen) atoms. The molecule has 1 fully saturated rings. The van der Waals surface area contributed by atoms with Gasteiger partial charge in [-0.15, -0.1) is 19.0 Å². The number of nitrogens with zero attached hydrogens (tertiary/aromatic N) is 1. The van der Waals surface area contributed by atoms with Crippen LogP contribution in [0.3, 0.4) is 0 Å². The van der Waals surface area contributed by atoms with E-state index in [-0.39, 0.29) is 29.8 Å². The highest BCUT2D eigenvalue weighted by Gasteiger charge is 2.63. The highest BCUT2D eigenvalue weighted by molar-refractivity contribution is 5.88. The Labute approximate surface area is 141 Å². The fourth-order valence-electron chi connectivity index (χ4n) is 3.05. The summed E-state index contributed by atoms with van der Waals surface area (Å²) in [4.78, 5) is 14.5. The van der Waals surface area contributed by atoms with E-state index in [2.05, 4.69) is 6.58 Å². The molecule has 0 aromatic rings. The van der Waals surface area contributed by atoms with Crippen LogP contribution in [0.2, 0.25) is 0 Å². The Hall–Kier alpha value is -0.580. The average Bonchev–Trinajstić information content (AvgIpc) is 2.45. The maximum Gasteiger partial charge on any atom is 0.243 e. The Morgan fingerprint density at radius 1 is 1.41 bits per heavy atom. The summed E-state index contributed by atoms with van der Waals surface area (Å²) in [5.74, 6) is 0.0483. The number of rotatable bonds is 9. The van der Waals surface area contributed by atoms with Gasteiger partial charge in [0.2, 0.25) is 5.91 Å². The zero-order valence-corrected chi connectivity index (χ0v) is 15.4. The summed E-state index contributed by atoms with van der Waals surface area (Å²) in [6.45, 7) is 11.2. The van der Waals surface area contributed by atoms with Gasteiger partial charge in [-0.3, -0.25) is 4.79 Å². The number of carbonyl (C=O) groups is 1. The van der Waals surface area contributed by atoms with Gasteiger partial charge in [-0.2, -0.15) is 0 Å². The molecular formula is C17H33ClN2O2. The summed E-state index contributed by atoms with van der Waals surface area (Å²) in [6, 6.07) is 0. The number of nitrogens with two attached hydrogens (primary N) is 1. The van der Waals surface area contributed by atoms with Gasteiger partial charge in [0.05, 0.1) is 6.10 Å². The number of halogens is 1. The third-order valence-corrected chi connectivity index (χ3v) is 4.96. The standard InChI is InChI=1S/C17H32N2O2.ClH/c1-6-8-9-10-11-12-19(5)15(20)17(18)13-14(21-7-2)16(17,3)4;/h6,14H,1,7-13,18H2,2-5H3;1H. The number of hydrogen-bond donors (Lipinski definition) is 1. The summed E-state index contributed by atoms with van der Waals surface area (Å²) >= 11 is 0. The summed E-state index contributed by atoms with van der Waals surface area (Å²) in [5, 5.41) is 0. The molecule has 2 atom stereocenters. The molecular weight excluding hydrogens is 300 g/mol. The normalized spacial score (nSPS) is 25.8.